The Hall–Kier alpha value is -1.39. The van der Waals surface area contributed by atoms with Gasteiger partial charge in [-0.25, -0.2) is 0 Å². The number of ether oxygens (including phenoxy) is 1. The summed E-state index contributed by atoms with van der Waals surface area (Å²) in [5, 5.41) is 12.1. The van der Waals surface area contributed by atoms with Crippen molar-refractivity contribution in [3.63, 3.8) is 0 Å². The molecule has 41 heavy (non-hydrogen) atoms. The largest absolute Gasteiger partial charge is 0.459 e. The Labute approximate surface area is 256 Å². The van der Waals surface area contributed by atoms with Crippen molar-refractivity contribution in [2.45, 2.75) is 174 Å². The van der Waals surface area contributed by atoms with Crippen LogP contribution in [0.3, 0.4) is 0 Å². The van der Waals surface area contributed by atoms with Gasteiger partial charge in [0.05, 0.1) is 6.42 Å². The molecule has 0 aliphatic heterocycles. The SMILES string of the molecule is CCCCCC=CCCCC(OC(=O)CCN(C)C)C(O)(CCCC=CCCCCC)CCCC=CCCCCC. The van der Waals surface area contributed by atoms with Gasteiger partial charge in [-0.15, -0.1) is 0 Å². The van der Waals surface area contributed by atoms with Crippen LogP contribution in [-0.2, 0) is 9.53 Å². The zero-order valence-corrected chi connectivity index (χ0v) is 28.0. The fraction of sp³-hybridized carbons (Fsp3) is 0.811. The van der Waals surface area contributed by atoms with Gasteiger partial charge in [0.2, 0.25) is 0 Å². The van der Waals surface area contributed by atoms with Crippen LogP contribution in [0.4, 0.5) is 0 Å². The van der Waals surface area contributed by atoms with Gasteiger partial charge in [-0.1, -0.05) is 95.8 Å². The molecule has 0 aromatic heterocycles. The monoisotopic (exact) mass is 576 g/mol. The molecule has 1 unspecified atom stereocenters. The highest BCUT2D eigenvalue weighted by Gasteiger charge is 2.38. The predicted molar refractivity (Wildman–Crippen MR) is 179 cm³/mol. The van der Waals surface area contributed by atoms with Crippen LogP contribution in [0.2, 0.25) is 0 Å². The molecule has 0 saturated heterocycles. The topological polar surface area (TPSA) is 49.8 Å². The second-order valence-electron chi connectivity index (χ2n) is 12.3. The fourth-order valence-electron chi connectivity index (χ4n) is 5.13. The molecule has 0 aromatic rings. The summed E-state index contributed by atoms with van der Waals surface area (Å²) in [5.74, 6) is -0.191. The summed E-state index contributed by atoms with van der Waals surface area (Å²) >= 11 is 0. The third-order valence-electron chi connectivity index (χ3n) is 7.86. The molecule has 0 bridgehead atoms. The summed E-state index contributed by atoms with van der Waals surface area (Å²) in [5.41, 5.74) is -0.981. The first-order chi connectivity index (χ1) is 19.9. The molecule has 1 atom stereocenters. The van der Waals surface area contributed by atoms with Crippen molar-refractivity contribution in [2.75, 3.05) is 20.6 Å². The first kappa shape index (κ1) is 39.6. The van der Waals surface area contributed by atoms with Crippen LogP contribution in [0.1, 0.15) is 162 Å². The van der Waals surface area contributed by atoms with Crippen LogP contribution in [0.15, 0.2) is 36.5 Å². The Kier molecular flexibility index (Phi) is 27.7. The van der Waals surface area contributed by atoms with Crippen molar-refractivity contribution in [1.82, 2.24) is 4.90 Å². The lowest BCUT2D eigenvalue weighted by Crippen LogP contribution is -2.45. The van der Waals surface area contributed by atoms with Gasteiger partial charge in [0.15, 0.2) is 0 Å². The number of hydrogen-bond donors (Lipinski definition) is 1. The molecule has 0 fully saturated rings. The summed E-state index contributed by atoms with van der Waals surface area (Å²) in [6, 6.07) is 0. The minimum Gasteiger partial charge on any atom is -0.459 e. The van der Waals surface area contributed by atoms with Gasteiger partial charge in [-0.05, 0) is 110 Å². The van der Waals surface area contributed by atoms with Crippen molar-refractivity contribution >= 4 is 5.97 Å². The molecule has 4 heteroatoms. The molecule has 0 aliphatic rings. The van der Waals surface area contributed by atoms with E-state index in [4.69, 9.17) is 4.74 Å². The van der Waals surface area contributed by atoms with Crippen LogP contribution in [0.5, 0.6) is 0 Å². The number of carbonyl (C=O) groups is 1. The lowest BCUT2D eigenvalue weighted by molar-refractivity contribution is -0.169. The molecular formula is C37H69NO3. The summed E-state index contributed by atoms with van der Waals surface area (Å²) in [4.78, 5) is 14.9. The van der Waals surface area contributed by atoms with E-state index in [1.807, 2.05) is 19.0 Å². The van der Waals surface area contributed by atoms with Gasteiger partial charge < -0.3 is 14.7 Å². The van der Waals surface area contributed by atoms with Gasteiger partial charge >= 0.3 is 5.97 Å². The Balaban J connectivity index is 5.31. The lowest BCUT2D eigenvalue weighted by atomic mass is 9.83. The number of hydrogen-bond acceptors (Lipinski definition) is 4. The number of unbranched alkanes of at least 4 members (excludes halogenated alkanes) is 12. The highest BCUT2D eigenvalue weighted by atomic mass is 16.6. The van der Waals surface area contributed by atoms with Gasteiger partial charge in [0, 0.05) is 6.54 Å². The molecule has 0 rings (SSSR count). The van der Waals surface area contributed by atoms with E-state index in [0.717, 1.165) is 57.8 Å². The lowest BCUT2D eigenvalue weighted by Gasteiger charge is -2.36. The van der Waals surface area contributed by atoms with E-state index < -0.39 is 11.7 Å². The summed E-state index contributed by atoms with van der Waals surface area (Å²) in [6.07, 6.45) is 36.1. The molecule has 1 N–H and O–H groups in total. The average Bonchev–Trinajstić information content (AvgIpc) is 2.95. The van der Waals surface area contributed by atoms with Gasteiger partial charge in [-0.2, -0.15) is 0 Å². The highest BCUT2D eigenvalue weighted by molar-refractivity contribution is 5.69. The normalized spacial score (nSPS) is 14.5. The second kappa shape index (κ2) is 28.7. The maximum absolute atomic E-state index is 12.8. The first-order valence-electron chi connectivity index (χ1n) is 17.4. The van der Waals surface area contributed by atoms with Gasteiger partial charge in [0.25, 0.3) is 0 Å². The Bertz CT molecular complexity index is 641. The molecule has 0 radical (unpaired) electrons. The fourth-order valence-corrected chi connectivity index (χ4v) is 5.13. The van der Waals surface area contributed by atoms with E-state index >= 15 is 0 Å². The zero-order chi connectivity index (χ0) is 30.4. The van der Waals surface area contributed by atoms with E-state index in [1.165, 1.54) is 57.8 Å². The first-order valence-corrected chi connectivity index (χ1v) is 17.4. The maximum Gasteiger partial charge on any atom is 0.307 e. The number of esters is 1. The molecule has 0 saturated carbocycles. The van der Waals surface area contributed by atoms with E-state index in [1.54, 1.807) is 0 Å². The van der Waals surface area contributed by atoms with E-state index in [-0.39, 0.29) is 5.97 Å². The van der Waals surface area contributed by atoms with Gasteiger partial charge in [0.1, 0.15) is 11.7 Å². The van der Waals surface area contributed by atoms with E-state index in [9.17, 15) is 9.90 Å². The molecule has 0 aromatic carbocycles. The Morgan fingerprint density at radius 1 is 0.659 bits per heavy atom. The van der Waals surface area contributed by atoms with Crippen LogP contribution >= 0.6 is 0 Å². The summed E-state index contributed by atoms with van der Waals surface area (Å²) in [6.45, 7) is 7.37. The van der Waals surface area contributed by atoms with Gasteiger partial charge in [-0.3, -0.25) is 4.79 Å². The second-order valence-corrected chi connectivity index (χ2v) is 12.3. The quantitative estimate of drug-likeness (QED) is 0.0547. The molecule has 0 aliphatic carbocycles. The third-order valence-corrected chi connectivity index (χ3v) is 7.86. The van der Waals surface area contributed by atoms with Crippen LogP contribution in [0.25, 0.3) is 0 Å². The summed E-state index contributed by atoms with van der Waals surface area (Å²) < 4.78 is 6.09. The maximum atomic E-state index is 12.8. The van der Waals surface area contributed by atoms with E-state index in [2.05, 4.69) is 57.2 Å². The van der Waals surface area contributed by atoms with Crippen LogP contribution < -0.4 is 0 Å². The minimum atomic E-state index is -0.981. The molecule has 0 heterocycles. The van der Waals surface area contributed by atoms with Crippen LogP contribution in [-0.4, -0.2) is 48.3 Å². The molecule has 0 spiro atoms. The minimum absolute atomic E-state index is 0.191. The Morgan fingerprint density at radius 2 is 1.05 bits per heavy atom. The predicted octanol–water partition coefficient (Wildman–Crippen LogP) is 10.5. The van der Waals surface area contributed by atoms with Crippen LogP contribution in [0, 0.1) is 0 Å². The number of rotatable bonds is 29. The molecule has 240 valence electrons. The third kappa shape index (κ3) is 24.9. The molecule has 4 nitrogen and oxygen atoms in total. The highest BCUT2D eigenvalue weighted by Crippen LogP contribution is 2.31. The Morgan fingerprint density at radius 3 is 1.44 bits per heavy atom. The molecule has 0 amide bonds. The van der Waals surface area contributed by atoms with Crippen molar-refractivity contribution in [3.05, 3.63) is 36.5 Å². The average molecular weight is 576 g/mol. The standard InChI is InChI=1S/C37H69NO3/c1-6-9-12-15-18-21-24-27-30-35(41-36(39)31-34-38(4)5)37(40,32-28-25-22-19-16-13-10-7-2)33-29-26-23-20-17-14-11-8-3/h18-23,35,40H,6-17,24-34H2,1-5H3. The number of carbonyl (C=O) groups excluding carboxylic acids is 1. The van der Waals surface area contributed by atoms with E-state index in [0.29, 0.717) is 32.2 Å². The number of nitrogens with zero attached hydrogens (tertiary/aromatic N) is 1. The van der Waals surface area contributed by atoms with Crippen molar-refractivity contribution in [1.29, 1.82) is 0 Å². The van der Waals surface area contributed by atoms with Crippen molar-refractivity contribution in [3.8, 4) is 0 Å². The zero-order valence-electron chi connectivity index (χ0n) is 28.0. The van der Waals surface area contributed by atoms with Crippen molar-refractivity contribution < 1.29 is 14.6 Å². The summed E-state index contributed by atoms with van der Waals surface area (Å²) in [7, 11) is 3.94. The number of allylic oxidation sites excluding steroid dienone is 6. The smallest absolute Gasteiger partial charge is 0.307 e. The molecular weight excluding hydrogens is 506 g/mol. The number of aliphatic hydroxyl groups is 1. The van der Waals surface area contributed by atoms with Crippen molar-refractivity contribution in [2.24, 2.45) is 0 Å².